The van der Waals surface area contributed by atoms with Crippen LogP contribution in [0.5, 0.6) is 0 Å². The van der Waals surface area contributed by atoms with Crippen molar-refractivity contribution in [2.75, 3.05) is 13.1 Å². The molecule has 0 bridgehead atoms. The van der Waals surface area contributed by atoms with Crippen LogP contribution in [-0.2, 0) is 0 Å². The number of nitrogens with zero attached hydrogens (tertiary/aromatic N) is 1. The van der Waals surface area contributed by atoms with Crippen LogP contribution in [0.15, 0.2) is 0 Å². The molecular weight excluding hydrogens is 194 g/mol. The SMILES string of the molecule is CCC1CCCN(C(C)(C)C(C)(C)C)CC1. The number of hydrogen-bond acceptors (Lipinski definition) is 1. The first-order valence-electron chi connectivity index (χ1n) is 7.04. The van der Waals surface area contributed by atoms with Crippen LogP contribution in [0.25, 0.3) is 0 Å². The molecule has 16 heavy (non-hydrogen) atoms. The molecule has 0 saturated carbocycles. The van der Waals surface area contributed by atoms with Crippen molar-refractivity contribution in [2.24, 2.45) is 11.3 Å². The van der Waals surface area contributed by atoms with E-state index in [2.05, 4.69) is 46.4 Å². The quantitative estimate of drug-likeness (QED) is 0.676. The molecule has 0 aromatic heterocycles. The van der Waals surface area contributed by atoms with Crippen LogP contribution in [0.1, 0.15) is 67.2 Å². The molecule has 0 aromatic rings. The summed E-state index contributed by atoms with van der Waals surface area (Å²) in [5.41, 5.74) is 0.675. The molecule has 1 saturated heterocycles. The zero-order chi connectivity index (χ0) is 12.4. The van der Waals surface area contributed by atoms with Gasteiger partial charge in [-0.1, -0.05) is 34.1 Å². The van der Waals surface area contributed by atoms with Gasteiger partial charge in [-0.2, -0.15) is 0 Å². The Kier molecular flexibility index (Phi) is 4.45. The van der Waals surface area contributed by atoms with E-state index in [1.807, 2.05) is 0 Å². The van der Waals surface area contributed by atoms with Gasteiger partial charge in [0.1, 0.15) is 0 Å². The van der Waals surface area contributed by atoms with Gasteiger partial charge in [-0.25, -0.2) is 0 Å². The molecule has 0 amide bonds. The Hall–Kier alpha value is -0.0400. The standard InChI is InChI=1S/C15H31N/c1-7-13-9-8-11-16(12-10-13)15(5,6)14(2,3)4/h13H,7-12H2,1-6H3. The van der Waals surface area contributed by atoms with Crippen LogP contribution in [-0.4, -0.2) is 23.5 Å². The zero-order valence-electron chi connectivity index (χ0n) is 12.3. The lowest BCUT2D eigenvalue weighted by Crippen LogP contribution is -2.53. The summed E-state index contributed by atoms with van der Waals surface area (Å²) in [7, 11) is 0. The summed E-state index contributed by atoms with van der Waals surface area (Å²) >= 11 is 0. The maximum Gasteiger partial charge on any atom is 0.0201 e. The summed E-state index contributed by atoms with van der Waals surface area (Å²) in [6, 6.07) is 0. The van der Waals surface area contributed by atoms with Crippen molar-refractivity contribution in [2.45, 2.75) is 72.8 Å². The van der Waals surface area contributed by atoms with Crippen LogP contribution in [0.4, 0.5) is 0 Å². The van der Waals surface area contributed by atoms with Crippen molar-refractivity contribution in [3.05, 3.63) is 0 Å². The van der Waals surface area contributed by atoms with Crippen molar-refractivity contribution in [3.8, 4) is 0 Å². The summed E-state index contributed by atoms with van der Waals surface area (Å²) in [6.45, 7) is 16.9. The van der Waals surface area contributed by atoms with E-state index in [1.165, 1.54) is 38.8 Å². The van der Waals surface area contributed by atoms with E-state index in [-0.39, 0.29) is 0 Å². The van der Waals surface area contributed by atoms with E-state index in [4.69, 9.17) is 0 Å². The van der Waals surface area contributed by atoms with E-state index in [0.29, 0.717) is 11.0 Å². The predicted octanol–water partition coefficient (Wildman–Crippen LogP) is 4.32. The Balaban J connectivity index is 2.67. The largest absolute Gasteiger partial charge is 0.298 e. The molecule has 1 rings (SSSR count). The van der Waals surface area contributed by atoms with Gasteiger partial charge in [-0.15, -0.1) is 0 Å². The van der Waals surface area contributed by atoms with Crippen molar-refractivity contribution >= 4 is 0 Å². The minimum Gasteiger partial charge on any atom is -0.298 e. The second-order valence-corrected chi connectivity index (χ2v) is 7.00. The highest BCUT2D eigenvalue weighted by molar-refractivity contribution is 4.93. The normalized spacial score (nSPS) is 25.5. The van der Waals surface area contributed by atoms with Crippen LogP contribution < -0.4 is 0 Å². The summed E-state index contributed by atoms with van der Waals surface area (Å²) < 4.78 is 0. The van der Waals surface area contributed by atoms with Gasteiger partial charge in [0, 0.05) is 5.54 Å². The van der Waals surface area contributed by atoms with Crippen molar-refractivity contribution in [1.29, 1.82) is 0 Å². The molecule has 0 radical (unpaired) electrons. The van der Waals surface area contributed by atoms with Gasteiger partial charge in [0.05, 0.1) is 0 Å². The second kappa shape index (κ2) is 5.08. The first kappa shape index (κ1) is 14.0. The predicted molar refractivity (Wildman–Crippen MR) is 72.7 cm³/mol. The van der Waals surface area contributed by atoms with E-state index in [0.717, 1.165) is 5.92 Å². The van der Waals surface area contributed by atoms with E-state index < -0.39 is 0 Å². The second-order valence-electron chi connectivity index (χ2n) is 7.00. The van der Waals surface area contributed by atoms with Gasteiger partial charge in [-0.3, -0.25) is 4.90 Å². The third-order valence-electron chi connectivity index (χ3n) is 5.05. The molecule has 0 aromatic carbocycles. The van der Waals surface area contributed by atoms with Crippen LogP contribution in [0, 0.1) is 11.3 Å². The minimum absolute atomic E-state index is 0.315. The summed E-state index contributed by atoms with van der Waals surface area (Å²) in [5.74, 6) is 0.973. The third kappa shape index (κ3) is 3.00. The maximum atomic E-state index is 2.72. The lowest BCUT2D eigenvalue weighted by atomic mass is 9.75. The van der Waals surface area contributed by atoms with Gasteiger partial charge >= 0.3 is 0 Å². The average molecular weight is 225 g/mol. The van der Waals surface area contributed by atoms with Gasteiger partial charge in [-0.05, 0) is 57.5 Å². The van der Waals surface area contributed by atoms with Crippen molar-refractivity contribution < 1.29 is 0 Å². The topological polar surface area (TPSA) is 3.24 Å². The Bertz CT molecular complexity index is 212. The van der Waals surface area contributed by atoms with Crippen molar-refractivity contribution in [3.63, 3.8) is 0 Å². The molecule has 1 nitrogen and oxygen atoms in total. The van der Waals surface area contributed by atoms with Gasteiger partial charge in [0.25, 0.3) is 0 Å². The molecule has 1 aliphatic heterocycles. The fraction of sp³-hybridized carbons (Fsp3) is 1.00. The Labute approximate surface area is 103 Å². The first-order valence-corrected chi connectivity index (χ1v) is 7.04. The third-order valence-corrected chi connectivity index (χ3v) is 5.05. The number of rotatable bonds is 2. The molecule has 0 aliphatic carbocycles. The molecule has 0 N–H and O–H groups in total. The van der Waals surface area contributed by atoms with Crippen LogP contribution in [0.2, 0.25) is 0 Å². The van der Waals surface area contributed by atoms with Crippen LogP contribution in [0.3, 0.4) is 0 Å². The summed E-state index contributed by atoms with van der Waals surface area (Å²) in [5, 5.41) is 0. The summed E-state index contributed by atoms with van der Waals surface area (Å²) in [6.07, 6.45) is 5.59. The Morgan fingerprint density at radius 3 is 2.12 bits per heavy atom. The molecule has 1 heteroatoms. The minimum atomic E-state index is 0.315. The highest BCUT2D eigenvalue weighted by Gasteiger charge is 2.38. The maximum absolute atomic E-state index is 2.72. The molecule has 1 atom stereocenters. The van der Waals surface area contributed by atoms with E-state index in [1.54, 1.807) is 0 Å². The highest BCUT2D eigenvalue weighted by atomic mass is 15.2. The van der Waals surface area contributed by atoms with E-state index in [9.17, 15) is 0 Å². The van der Waals surface area contributed by atoms with Gasteiger partial charge in [0.15, 0.2) is 0 Å². The number of likely N-dealkylation sites (tertiary alicyclic amines) is 1. The molecule has 1 fully saturated rings. The highest BCUT2D eigenvalue weighted by Crippen LogP contribution is 2.37. The molecule has 0 spiro atoms. The monoisotopic (exact) mass is 225 g/mol. The Morgan fingerprint density at radius 1 is 1.00 bits per heavy atom. The molecule has 1 heterocycles. The lowest BCUT2D eigenvalue weighted by Gasteiger charge is -2.47. The van der Waals surface area contributed by atoms with Crippen LogP contribution >= 0.6 is 0 Å². The lowest BCUT2D eigenvalue weighted by molar-refractivity contribution is 0.0237. The van der Waals surface area contributed by atoms with Gasteiger partial charge < -0.3 is 0 Å². The molecule has 96 valence electrons. The summed E-state index contributed by atoms with van der Waals surface area (Å²) in [4.78, 5) is 2.72. The smallest absolute Gasteiger partial charge is 0.0201 e. The fourth-order valence-electron chi connectivity index (χ4n) is 2.61. The molecule has 1 unspecified atom stereocenters. The number of hydrogen-bond donors (Lipinski definition) is 0. The Morgan fingerprint density at radius 2 is 1.62 bits per heavy atom. The zero-order valence-corrected chi connectivity index (χ0v) is 12.3. The molecular formula is C15H31N. The van der Waals surface area contributed by atoms with Gasteiger partial charge in [0.2, 0.25) is 0 Å². The first-order chi connectivity index (χ1) is 7.29. The van der Waals surface area contributed by atoms with E-state index >= 15 is 0 Å². The molecule has 1 aliphatic rings. The van der Waals surface area contributed by atoms with Crippen molar-refractivity contribution in [1.82, 2.24) is 4.90 Å². The fourth-order valence-corrected chi connectivity index (χ4v) is 2.61. The average Bonchev–Trinajstić information content (AvgIpc) is 2.40.